The summed E-state index contributed by atoms with van der Waals surface area (Å²) in [4.78, 5) is 54.2. The van der Waals surface area contributed by atoms with Gasteiger partial charge in [-0.2, -0.15) is 0 Å². The van der Waals surface area contributed by atoms with E-state index in [0.717, 1.165) is 0 Å². The lowest BCUT2D eigenvalue weighted by Crippen LogP contribution is -2.59. The van der Waals surface area contributed by atoms with E-state index in [4.69, 9.17) is 5.73 Å². The van der Waals surface area contributed by atoms with Crippen molar-refractivity contribution in [2.24, 2.45) is 5.73 Å². The summed E-state index contributed by atoms with van der Waals surface area (Å²) in [6.07, 6.45) is 1.37. The Labute approximate surface area is 170 Å². The molecule has 1 rings (SSSR count). The van der Waals surface area contributed by atoms with E-state index in [2.05, 4.69) is 25.9 Å². The van der Waals surface area contributed by atoms with Gasteiger partial charge in [0.1, 0.15) is 24.2 Å². The number of aliphatic carboxylic acids is 1. The van der Waals surface area contributed by atoms with E-state index in [0.29, 0.717) is 5.69 Å². The number of nitrogens with zero attached hydrogens (tertiary/aromatic N) is 1. The number of aromatic amines is 1. The monoisotopic (exact) mass is 430 g/mol. The number of nitrogens with two attached hydrogens (primary N) is 1. The van der Waals surface area contributed by atoms with Crippen LogP contribution in [0.25, 0.3) is 0 Å². The topological polar surface area (TPSA) is 240 Å². The molecule has 14 nitrogen and oxygen atoms in total. The number of rotatable bonds is 12. The first-order valence-electron chi connectivity index (χ1n) is 8.87. The highest BCUT2D eigenvalue weighted by molar-refractivity contribution is 5.94. The first-order chi connectivity index (χ1) is 14.1. The summed E-state index contributed by atoms with van der Waals surface area (Å²) in [6.45, 7) is -0.485. The molecule has 1 aromatic rings. The van der Waals surface area contributed by atoms with Gasteiger partial charge in [-0.1, -0.05) is 0 Å². The Morgan fingerprint density at radius 2 is 1.53 bits per heavy atom. The van der Waals surface area contributed by atoms with E-state index in [1.165, 1.54) is 19.4 Å². The quantitative estimate of drug-likeness (QED) is 0.153. The number of hydrogen-bond donors (Lipinski definition) is 9. The smallest absolute Gasteiger partial charge is 0.326 e. The third kappa shape index (κ3) is 7.40. The Bertz CT molecular complexity index is 725. The Balaban J connectivity index is 2.74. The number of carbonyl (C=O) groups is 4. The van der Waals surface area contributed by atoms with E-state index in [1.807, 2.05) is 0 Å². The molecular formula is C16H26N6O8. The molecule has 0 radical (unpaired) electrons. The first kappa shape index (κ1) is 25.0. The first-order valence-corrected chi connectivity index (χ1v) is 8.87. The molecule has 0 saturated heterocycles. The van der Waals surface area contributed by atoms with Crippen molar-refractivity contribution in [1.29, 1.82) is 0 Å². The van der Waals surface area contributed by atoms with Gasteiger partial charge >= 0.3 is 5.97 Å². The van der Waals surface area contributed by atoms with Crippen LogP contribution in [0.5, 0.6) is 0 Å². The molecule has 168 valence electrons. The van der Waals surface area contributed by atoms with E-state index < -0.39 is 67.2 Å². The van der Waals surface area contributed by atoms with Crippen LogP contribution in [0.4, 0.5) is 0 Å². The van der Waals surface area contributed by atoms with Gasteiger partial charge in [0, 0.05) is 18.3 Å². The lowest BCUT2D eigenvalue weighted by Gasteiger charge is -2.23. The lowest BCUT2D eigenvalue weighted by atomic mass is 10.1. The molecule has 0 aliphatic heterocycles. The molecular weight excluding hydrogens is 404 g/mol. The van der Waals surface area contributed by atoms with E-state index in [-0.39, 0.29) is 6.42 Å². The predicted molar refractivity (Wildman–Crippen MR) is 99.5 cm³/mol. The minimum atomic E-state index is -1.56. The van der Waals surface area contributed by atoms with Crippen LogP contribution in [0.3, 0.4) is 0 Å². The Morgan fingerprint density at radius 1 is 1.03 bits per heavy atom. The van der Waals surface area contributed by atoms with Crippen molar-refractivity contribution in [3.63, 3.8) is 0 Å². The van der Waals surface area contributed by atoms with Gasteiger partial charge in [-0.15, -0.1) is 0 Å². The maximum Gasteiger partial charge on any atom is 0.326 e. The average molecular weight is 430 g/mol. The predicted octanol–water partition coefficient (Wildman–Crippen LogP) is -4.82. The van der Waals surface area contributed by atoms with Gasteiger partial charge in [0.15, 0.2) is 0 Å². The standard InChI is InChI=1S/C16H26N6O8/c1-7(25)12(17)15(28)22-11(5-24)14(27)21-10(4-23)13(26)20-9(16(29)30)2-8-3-18-6-19-8/h3,6-7,9-12,23-25H,2,4-5,17H2,1H3,(H,18,19)(H,20,26)(H,21,27)(H,22,28)(H,29,30). The van der Waals surface area contributed by atoms with Crippen LogP contribution in [0.15, 0.2) is 12.5 Å². The maximum atomic E-state index is 12.3. The zero-order valence-corrected chi connectivity index (χ0v) is 16.1. The zero-order chi connectivity index (χ0) is 22.8. The molecule has 14 heteroatoms. The minimum absolute atomic E-state index is 0.125. The third-order valence-corrected chi connectivity index (χ3v) is 4.05. The second-order valence-corrected chi connectivity index (χ2v) is 6.43. The molecule has 0 spiro atoms. The van der Waals surface area contributed by atoms with Crippen molar-refractivity contribution < 1.29 is 39.6 Å². The summed E-state index contributed by atoms with van der Waals surface area (Å²) in [5.41, 5.74) is 5.87. The fraction of sp³-hybridized carbons (Fsp3) is 0.562. The summed E-state index contributed by atoms with van der Waals surface area (Å²) >= 11 is 0. The van der Waals surface area contributed by atoms with Crippen molar-refractivity contribution in [3.05, 3.63) is 18.2 Å². The van der Waals surface area contributed by atoms with Crippen molar-refractivity contribution >= 4 is 23.7 Å². The Kier molecular flexibility index (Phi) is 9.83. The maximum absolute atomic E-state index is 12.3. The molecule has 3 amide bonds. The highest BCUT2D eigenvalue weighted by atomic mass is 16.4. The molecule has 5 atom stereocenters. The fourth-order valence-corrected chi connectivity index (χ4v) is 2.24. The normalized spacial score (nSPS) is 15.9. The molecule has 5 unspecified atom stereocenters. The van der Waals surface area contributed by atoms with Gasteiger partial charge in [0.05, 0.1) is 25.6 Å². The van der Waals surface area contributed by atoms with Gasteiger partial charge in [0.25, 0.3) is 0 Å². The molecule has 0 aromatic carbocycles. The summed E-state index contributed by atoms with van der Waals surface area (Å²) in [5, 5.41) is 43.7. The van der Waals surface area contributed by atoms with Crippen molar-refractivity contribution in [2.75, 3.05) is 13.2 Å². The van der Waals surface area contributed by atoms with Gasteiger partial charge in [-0.05, 0) is 6.92 Å². The molecule has 0 bridgehead atoms. The molecule has 0 aliphatic carbocycles. The molecule has 30 heavy (non-hydrogen) atoms. The number of carboxylic acid groups (broad SMARTS) is 1. The second kappa shape index (κ2) is 11.8. The van der Waals surface area contributed by atoms with E-state index in [1.54, 1.807) is 0 Å². The summed E-state index contributed by atoms with van der Waals surface area (Å²) in [5.74, 6) is -4.30. The number of H-pyrrole nitrogens is 1. The number of nitrogens with one attached hydrogen (secondary N) is 4. The highest BCUT2D eigenvalue weighted by Gasteiger charge is 2.30. The van der Waals surface area contributed by atoms with Gasteiger partial charge in [-0.25, -0.2) is 9.78 Å². The van der Waals surface area contributed by atoms with Crippen LogP contribution in [0.2, 0.25) is 0 Å². The highest BCUT2D eigenvalue weighted by Crippen LogP contribution is 2.00. The zero-order valence-electron chi connectivity index (χ0n) is 16.1. The van der Waals surface area contributed by atoms with Crippen molar-refractivity contribution in [2.45, 2.75) is 43.6 Å². The summed E-state index contributed by atoms with van der Waals surface area (Å²) in [6, 6.07) is -5.81. The molecule has 0 aliphatic rings. The van der Waals surface area contributed by atoms with Crippen LogP contribution in [0, 0.1) is 0 Å². The van der Waals surface area contributed by atoms with Crippen LogP contribution in [0.1, 0.15) is 12.6 Å². The number of carbonyl (C=O) groups excluding carboxylic acids is 3. The van der Waals surface area contributed by atoms with Gasteiger partial charge in [0.2, 0.25) is 17.7 Å². The molecule has 0 saturated carbocycles. The van der Waals surface area contributed by atoms with Crippen LogP contribution < -0.4 is 21.7 Å². The summed E-state index contributed by atoms with van der Waals surface area (Å²) < 4.78 is 0. The number of amides is 3. The van der Waals surface area contributed by atoms with Crippen molar-refractivity contribution in [1.82, 2.24) is 25.9 Å². The molecule has 10 N–H and O–H groups in total. The van der Waals surface area contributed by atoms with Crippen LogP contribution >= 0.6 is 0 Å². The number of carboxylic acids is 1. The number of imidazole rings is 1. The van der Waals surface area contributed by atoms with E-state index >= 15 is 0 Å². The second-order valence-electron chi connectivity index (χ2n) is 6.43. The Morgan fingerprint density at radius 3 is 1.93 bits per heavy atom. The summed E-state index contributed by atoms with van der Waals surface area (Å²) in [7, 11) is 0. The fourth-order valence-electron chi connectivity index (χ4n) is 2.24. The number of aromatic nitrogens is 2. The van der Waals surface area contributed by atoms with Gasteiger partial charge in [-0.3, -0.25) is 14.4 Å². The number of hydrogen-bond acceptors (Lipinski definition) is 9. The Hall–Kier alpha value is -3.07. The van der Waals surface area contributed by atoms with E-state index in [9.17, 15) is 39.6 Å². The number of aliphatic hydroxyl groups excluding tert-OH is 3. The molecule has 1 heterocycles. The van der Waals surface area contributed by atoms with Crippen LogP contribution in [-0.2, 0) is 25.6 Å². The molecule has 1 aromatic heterocycles. The lowest BCUT2D eigenvalue weighted by molar-refractivity contribution is -0.142. The van der Waals surface area contributed by atoms with Crippen molar-refractivity contribution in [3.8, 4) is 0 Å². The SMILES string of the molecule is CC(O)C(N)C(=O)NC(CO)C(=O)NC(CO)C(=O)NC(Cc1cnc[nH]1)C(=O)O. The largest absolute Gasteiger partial charge is 0.480 e. The number of aliphatic hydroxyl groups is 3. The molecule has 0 fully saturated rings. The van der Waals surface area contributed by atoms with Gasteiger partial charge < -0.3 is 47.1 Å². The average Bonchev–Trinajstić information content (AvgIpc) is 3.21. The van der Waals surface area contributed by atoms with Crippen LogP contribution in [-0.4, -0.2) is 97.6 Å². The third-order valence-electron chi connectivity index (χ3n) is 4.05. The minimum Gasteiger partial charge on any atom is -0.480 e.